The van der Waals surface area contributed by atoms with Crippen molar-refractivity contribution in [3.63, 3.8) is 0 Å². The third-order valence-electron chi connectivity index (χ3n) is 1.05. The molecule has 0 aliphatic heterocycles. The van der Waals surface area contributed by atoms with Crippen molar-refractivity contribution in [2.24, 2.45) is 5.73 Å². The van der Waals surface area contributed by atoms with E-state index in [0.717, 1.165) is 6.92 Å². The van der Waals surface area contributed by atoms with E-state index in [2.05, 4.69) is 5.73 Å². The van der Waals surface area contributed by atoms with E-state index in [1.165, 1.54) is 0 Å². The fourth-order valence-electron chi connectivity index (χ4n) is 0.390. The van der Waals surface area contributed by atoms with Crippen LogP contribution in [0.1, 0.15) is 13.3 Å². The molecule has 0 heterocycles. The first-order valence-corrected chi connectivity index (χ1v) is 2.63. The molecule has 0 aliphatic rings. The van der Waals surface area contributed by atoms with E-state index in [1.807, 2.05) is 0 Å². The Balaban J connectivity index is 4.00. The van der Waals surface area contributed by atoms with Crippen molar-refractivity contribution in [2.75, 3.05) is 0 Å². The minimum Gasteiger partial charge on any atom is -0.367 e. The van der Waals surface area contributed by atoms with Gasteiger partial charge in [-0.25, -0.2) is 13.2 Å². The molecular formula is C5H8F3NO. The number of primary amides is 1. The molecule has 60 valence electrons. The summed E-state index contributed by atoms with van der Waals surface area (Å²) < 4.78 is 35.4. The molecule has 0 rings (SSSR count). The molecule has 0 aromatic carbocycles. The summed E-state index contributed by atoms with van der Waals surface area (Å²) in [6.07, 6.45) is -3.98. The summed E-state index contributed by atoms with van der Waals surface area (Å²) in [4.78, 5) is 10.1. The Hall–Kier alpha value is -0.740. The van der Waals surface area contributed by atoms with Gasteiger partial charge in [0.2, 0.25) is 6.43 Å². The number of alkyl halides is 3. The van der Waals surface area contributed by atoms with Gasteiger partial charge in [0.15, 0.2) is 5.67 Å². The SMILES string of the molecule is CC(F)(CC(F)F)C(N)=O. The maximum Gasteiger partial charge on any atom is 0.255 e. The van der Waals surface area contributed by atoms with Crippen LogP contribution in [0, 0.1) is 0 Å². The minimum atomic E-state index is -2.84. The average molecular weight is 155 g/mol. The molecule has 0 aromatic heterocycles. The summed E-state index contributed by atoms with van der Waals surface area (Å²) >= 11 is 0. The van der Waals surface area contributed by atoms with Crippen LogP contribution in [-0.2, 0) is 4.79 Å². The summed E-state index contributed by atoms with van der Waals surface area (Å²) in [5.74, 6) is -1.35. The zero-order valence-electron chi connectivity index (χ0n) is 5.40. The largest absolute Gasteiger partial charge is 0.367 e. The molecule has 1 atom stereocenters. The number of amides is 1. The van der Waals surface area contributed by atoms with E-state index >= 15 is 0 Å². The van der Waals surface area contributed by atoms with E-state index in [9.17, 15) is 18.0 Å². The van der Waals surface area contributed by atoms with Crippen LogP contribution in [0.2, 0.25) is 0 Å². The molecule has 0 radical (unpaired) electrons. The summed E-state index contributed by atoms with van der Waals surface area (Å²) in [6.45, 7) is 0.738. The van der Waals surface area contributed by atoms with Crippen LogP contribution in [-0.4, -0.2) is 18.0 Å². The van der Waals surface area contributed by atoms with Gasteiger partial charge in [0.1, 0.15) is 0 Å². The lowest BCUT2D eigenvalue weighted by atomic mass is 10.1. The maximum atomic E-state index is 12.5. The summed E-state index contributed by atoms with van der Waals surface area (Å²) in [5.41, 5.74) is 1.88. The van der Waals surface area contributed by atoms with Crippen molar-refractivity contribution >= 4 is 5.91 Å². The molecule has 0 bridgehead atoms. The first-order valence-electron chi connectivity index (χ1n) is 2.63. The molecular weight excluding hydrogens is 147 g/mol. The van der Waals surface area contributed by atoms with Gasteiger partial charge in [-0.05, 0) is 6.92 Å². The Morgan fingerprint density at radius 2 is 2.10 bits per heavy atom. The third kappa shape index (κ3) is 2.70. The second-order valence-corrected chi connectivity index (χ2v) is 2.16. The normalized spacial score (nSPS) is 16.9. The van der Waals surface area contributed by atoms with Crippen molar-refractivity contribution in [2.45, 2.75) is 25.4 Å². The Labute approximate surface area is 56.2 Å². The molecule has 2 nitrogen and oxygen atoms in total. The Bertz CT molecular complexity index is 135. The third-order valence-corrected chi connectivity index (χ3v) is 1.05. The van der Waals surface area contributed by atoms with Crippen LogP contribution >= 0.6 is 0 Å². The predicted octanol–water partition coefficient (Wildman–Crippen LogP) is 0.855. The quantitative estimate of drug-likeness (QED) is 0.645. The number of carbonyl (C=O) groups is 1. The van der Waals surface area contributed by atoms with Gasteiger partial charge in [-0.2, -0.15) is 0 Å². The molecule has 1 unspecified atom stereocenters. The summed E-state index contributed by atoms with van der Waals surface area (Å²) in [6, 6.07) is 0. The number of nitrogens with two attached hydrogens (primary N) is 1. The van der Waals surface area contributed by atoms with Crippen molar-refractivity contribution in [3.8, 4) is 0 Å². The van der Waals surface area contributed by atoms with Crippen molar-refractivity contribution in [1.82, 2.24) is 0 Å². The molecule has 0 spiro atoms. The Morgan fingerprint density at radius 1 is 1.70 bits per heavy atom. The van der Waals surface area contributed by atoms with Crippen LogP contribution in [0.5, 0.6) is 0 Å². The average Bonchev–Trinajstić information content (AvgIpc) is 1.60. The van der Waals surface area contributed by atoms with Crippen LogP contribution in [0.4, 0.5) is 13.2 Å². The van der Waals surface area contributed by atoms with Crippen LogP contribution < -0.4 is 5.73 Å². The van der Waals surface area contributed by atoms with Gasteiger partial charge >= 0.3 is 0 Å². The molecule has 0 saturated carbocycles. The van der Waals surface area contributed by atoms with Crippen LogP contribution in [0.15, 0.2) is 0 Å². The number of hydrogen-bond acceptors (Lipinski definition) is 1. The van der Waals surface area contributed by atoms with Crippen LogP contribution in [0.25, 0.3) is 0 Å². The lowest BCUT2D eigenvalue weighted by Gasteiger charge is -2.14. The molecule has 0 saturated heterocycles. The lowest BCUT2D eigenvalue weighted by molar-refractivity contribution is -0.130. The zero-order chi connectivity index (χ0) is 8.36. The van der Waals surface area contributed by atoms with E-state index in [0.29, 0.717) is 0 Å². The number of carbonyl (C=O) groups excluding carboxylic acids is 1. The summed E-state index contributed by atoms with van der Waals surface area (Å²) in [5, 5.41) is 0. The molecule has 0 aromatic rings. The van der Waals surface area contributed by atoms with Gasteiger partial charge in [0.25, 0.3) is 5.91 Å². The number of rotatable bonds is 3. The molecule has 5 heteroatoms. The van der Waals surface area contributed by atoms with E-state index in [4.69, 9.17) is 0 Å². The highest BCUT2D eigenvalue weighted by Crippen LogP contribution is 2.19. The molecule has 10 heavy (non-hydrogen) atoms. The number of halogens is 3. The predicted molar refractivity (Wildman–Crippen MR) is 29.3 cm³/mol. The highest BCUT2D eigenvalue weighted by atomic mass is 19.3. The van der Waals surface area contributed by atoms with Crippen molar-refractivity contribution < 1.29 is 18.0 Å². The first-order chi connectivity index (χ1) is 4.36. The van der Waals surface area contributed by atoms with Crippen LogP contribution in [0.3, 0.4) is 0 Å². The zero-order valence-corrected chi connectivity index (χ0v) is 5.40. The summed E-state index contributed by atoms with van der Waals surface area (Å²) in [7, 11) is 0. The van der Waals surface area contributed by atoms with Gasteiger partial charge in [-0.3, -0.25) is 4.79 Å². The highest BCUT2D eigenvalue weighted by Gasteiger charge is 2.33. The Morgan fingerprint density at radius 3 is 2.20 bits per heavy atom. The monoisotopic (exact) mass is 155 g/mol. The van der Waals surface area contributed by atoms with Gasteiger partial charge in [0.05, 0.1) is 6.42 Å². The first kappa shape index (κ1) is 9.26. The molecule has 1 amide bonds. The van der Waals surface area contributed by atoms with E-state index < -0.39 is 24.4 Å². The second-order valence-electron chi connectivity index (χ2n) is 2.16. The van der Waals surface area contributed by atoms with E-state index in [-0.39, 0.29) is 0 Å². The maximum absolute atomic E-state index is 12.5. The molecule has 2 N–H and O–H groups in total. The van der Waals surface area contributed by atoms with Gasteiger partial charge in [-0.1, -0.05) is 0 Å². The molecule has 0 fully saturated rings. The second kappa shape index (κ2) is 2.90. The van der Waals surface area contributed by atoms with Gasteiger partial charge in [0, 0.05) is 0 Å². The van der Waals surface area contributed by atoms with Crippen molar-refractivity contribution in [3.05, 3.63) is 0 Å². The van der Waals surface area contributed by atoms with Gasteiger partial charge in [-0.15, -0.1) is 0 Å². The fraction of sp³-hybridized carbons (Fsp3) is 0.800. The lowest BCUT2D eigenvalue weighted by Crippen LogP contribution is -2.38. The molecule has 0 aliphatic carbocycles. The minimum absolute atomic E-state index is 0.738. The van der Waals surface area contributed by atoms with Crippen molar-refractivity contribution in [1.29, 1.82) is 0 Å². The fourth-order valence-corrected chi connectivity index (χ4v) is 0.390. The Kier molecular flexibility index (Phi) is 2.68. The highest BCUT2D eigenvalue weighted by molar-refractivity contribution is 5.82. The smallest absolute Gasteiger partial charge is 0.255 e. The number of hydrogen-bond donors (Lipinski definition) is 1. The standard InChI is InChI=1S/C5H8F3NO/c1-5(8,4(9)10)2-3(6)7/h3H,2H2,1H3,(H2,9,10). The van der Waals surface area contributed by atoms with E-state index in [1.54, 1.807) is 0 Å². The topological polar surface area (TPSA) is 43.1 Å². The van der Waals surface area contributed by atoms with Gasteiger partial charge < -0.3 is 5.73 Å².